The Balaban J connectivity index is 0.000000322. The van der Waals surface area contributed by atoms with Gasteiger partial charge >= 0.3 is 0 Å². The summed E-state index contributed by atoms with van der Waals surface area (Å²) in [6.07, 6.45) is 2.29. The monoisotopic (exact) mass is 295 g/mol. The molecule has 0 unspecified atom stereocenters. The Labute approximate surface area is 123 Å². The first kappa shape index (κ1) is 18.6. The molecule has 2 rings (SSSR count). The van der Waals surface area contributed by atoms with Crippen molar-refractivity contribution in [2.24, 2.45) is 11.5 Å². The molecule has 1 saturated heterocycles. The minimum Gasteiger partial charge on any atom is -0.483 e. The van der Waals surface area contributed by atoms with Gasteiger partial charge in [-0.15, -0.1) is 0 Å². The number of carbonyl (C=O) groups excluding carboxylic acids is 2. The standard InChI is InChI=1S/C7H7NO.C6H12N2O.CH2O2/c8-7(9)6-4-2-1-3-5-6;7-5-6(9)8-3-1-2-4-8;2-1-3/h1-5H,(H2,8,9);1-5,7H2;1H,(H,2,3). The number of carbonyl (C=O) groups is 3. The van der Waals surface area contributed by atoms with E-state index in [1.807, 2.05) is 11.0 Å². The van der Waals surface area contributed by atoms with Crippen molar-refractivity contribution in [2.75, 3.05) is 19.6 Å². The van der Waals surface area contributed by atoms with Crippen molar-refractivity contribution in [3.05, 3.63) is 35.9 Å². The fourth-order valence-electron chi connectivity index (χ4n) is 1.70. The summed E-state index contributed by atoms with van der Waals surface area (Å²) in [4.78, 5) is 31.4. The molecule has 1 aliphatic heterocycles. The minimum absolute atomic E-state index is 0.0903. The molecule has 0 radical (unpaired) electrons. The number of primary amides is 1. The van der Waals surface area contributed by atoms with E-state index in [1.165, 1.54) is 0 Å². The van der Waals surface area contributed by atoms with Crippen LogP contribution in [0, 0.1) is 0 Å². The largest absolute Gasteiger partial charge is 0.483 e. The Kier molecular flexibility index (Phi) is 10.1. The number of benzene rings is 1. The number of rotatable bonds is 2. The Morgan fingerprint density at radius 1 is 1.19 bits per heavy atom. The summed E-state index contributed by atoms with van der Waals surface area (Å²) in [7, 11) is 0. The maximum absolute atomic E-state index is 10.8. The van der Waals surface area contributed by atoms with Gasteiger partial charge in [-0.25, -0.2) is 0 Å². The molecule has 1 aromatic rings. The molecule has 1 fully saturated rings. The van der Waals surface area contributed by atoms with Crippen molar-refractivity contribution in [3.63, 3.8) is 0 Å². The van der Waals surface area contributed by atoms with Crippen LogP contribution in [0.5, 0.6) is 0 Å². The van der Waals surface area contributed by atoms with E-state index >= 15 is 0 Å². The second-order valence-electron chi connectivity index (χ2n) is 4.13. The number of amides is 2. The number of hydrogen-bond donors (Lipinski definition) is 3. The van der Waals surface area contributed by atoms with Gasteiger partial charge in [0, 0.05) is 18.7 Å². The molecule has 0 aliphatic carbocycles. The third kappa shape index (κ3) is 8.38. The Morgan fingerprint density at radius 3 is 2.00 bits per heavy atom. The van der Waals surface area contributed by atoms with Crippen molar-refractivity contribution >= 4 is 18.3 Å². The SMILES string of the molecule is NC(=O)c1ccccc1.NCC(=O)N1CCCC1.O=CO. The molecular formula is C14H21N3O4. The normalized spacial score (nSPS) is 12.3. The molecule has 21 heavy (non-hydrogen) atoms. The van der Waals surface area contributed by atoms with Crippen molar-refractivity contribution in [2.45, 2.75) is 12.8 Å². The second kappa shape index (κ2) is 11.4. The van der Waals surface area contributed by atoms with Crippen molar-refractivity contribution in [1.29, 1.82) is 0 Å². The molecule has 1 aliphatic rings. The predicted octanol–water partition coefficient (Wildman–Crippen LogP) is 0.0538. The lowest BCUT2D eigenvalue weighted by molar-refractivity contribution is -0.128. The molecule has 0 aromatic heterocycles. The third-order valence-electron chi connectivity index (χ3n) is 2.69. The summed E-state index contributed by atoms with van der Waals surface area (Å²) < 4.78 is 0. The predicted molar refractivity (Wildman–Crippen MR) is 78.5 cm³/mol. The minimum atomic E-state index is -0.379. The lowest BCUT2D eigenvalue weighted by Gasteiger charge is -2.12. The fourth-order valence-corrected chi connectivity index (χ4v) is 1.70. The van der Waals surface area contributed by atoms with Crippen LogP contribution in [0.2, 0.25) is 0 Å². The summed E-state index contributed by atoms with van der Waals surface area (Å²) >= 11 is 0. The molecule has 7 nitrogen and oxygen atoms in total. The summed E-state index contributed by atoms with van der Waals surface area (Å²) in [6, 6.07) is 8.76. The van der Waals surface area contributed by atoms with Crippen LogP contribution in [-0.2, 0) is 9.59 Å². The molecule has 116 valence electrons. The Morgan fingerprint density at radius 2 is 1.67 bits per heavy atom. The zero-order valence-electron chi connectivity index (χ0n) is 11.8. The first-order valence-electron chi connectivity index (χ1n) is 6.47. The zero-order chi connectivity index (χ0) is 16.1. The maximum Gasteiger partial charge on any atom is 0.290 e. The van der Waals surface area contributed by atoms with E-state index in [0.717, 1.165) is 25.9 Å². The first-order chi connectivity index (χ1) is 10.1. The number of carboxylic acid groups (broad SMARTS) is 1. The van der Waals surface area contributed by atoms with E-state index in [0.29, 0.717) is 5.56 Å². The average Bonchev–Trinajstić information content (AvgIpc) is 3.03. The van der Waals surface area contributed by atoms with Gasteiger partial charge in [0.25, 0.3) is 6.47 Å². The van der Waals surface area contributed by atoms with Crippen LogP contribution < -0.4 is 11.5 Å². The molecule has 7 heteroatoms. The van der Waals surface area contributed by atoms with Gasteiger partial charge in [0.15, 0.2) is 0 Å². The topological polar surface area (TPSA) is 127 Å². The lowest BCUT2D eigenvalue weighted by Crippen LogP contribution is -2.33. The number of hydrogen-bond acceptors (Lipinski definition) is 4. The molecule has 0 spiro atoms. The van der Waals surface area contributed by atoms with E-state index < -0.39 is 0 Å². The van der Waals surface area contributed by atoms with Crippen molar-refractivity contribution in [1.82, 2.24) is 4.90 Å². The van der Waals surface area contributed by atoms with E-state index in [4.69, 9.17) is 21.4 Å². The molecule has 0 bridgehead atoms. The van der Waals surface area contributed by atoms with Crippen LogP contribution in [0.25, 0.3) is 0 Å². The van der Waals surface area contributed by atoms with Gasteiger partial charge in [-0.1, -0.05) is 18.2 Å². The van der Waals surface area contributed by atoms with Crippen LogP contribution in [0.1, 0.15) is 23.2 Å². The van der Waals surface area contributed by atoms with Crippen LogP contribution >= 0.6 is 0 Å². The van der Waals surface area contributed by atoms with Crippen LogP contribution in [0.3, 0.4) is 0 Å². The maximum atomic E-state index is 10.8. The zero-order valence-corrected chi connectivity index (χ0v) is 11.8. The summed E-state index contributed by atoms with van der Waals surface area (Å²) in [5.41, 5.74) is 10.7. The van der Waals surface area contributed by atoms with Gasteiger partial charge < -0.3 is 21.5 Å². The second-order valence-corrected chi connectivity index (χ2v) is 4.13. The van der Waals surface area contributed by atoms with Gasteiger partial charge in [-0.2, -0.15) is 0 Å². The van der Waals surface area contributed by atoms with E-state index in [9.17, 15) is 9.59 Å². The number of likely N-dealkylation sites (tertiary alicyclic amines) is 1. The van der Waals surface area contributed by atoms with E-state index in [1.54, 1.807) is 24.3 Å². The first-order valence-corrected chi connectivity index (χ1v) is 6.47. The van der Waals surface area contributed by atoms with Gasteiger partial charge in [-0.3, -0.25) is 14.4 Å². The van der Waals surface area contributed by atoms with E-state index in [2.05, 4.69) is 0 Å². The van der Waals surface area contributed by atoms with Gasteiger partial charge in [0.1, 0.15) is 0 Å². The Hall–Kier alpha value is -2.41. The lowest BCUT2D eigenvalue weighted by atomic mass is 10.2. The van der Waals surface area contributed by atoms with Gasteiger partial charge in [-0.05, 0) is 25.0 Å². The highest BCUT2D eigenvalue weighted by Crippen LogP contribution is 2.06. The highest BCUT2D eigenvalue weighted by Gasteiger charge is 2.15. The molecule has 0 saturated carbocycles. The summed E-state index contributed by atoms with van der Waals surface area (Å²) in [5.74, 6) is -0.289. The van der Waals surface area contributed by atoms with Crippen LogP contribution in [0.15, 0.2) is 30.3 Å². The number of nitrogens with two attached hydrogens (primary N) is 2. The molecule has 1 aromatic carbocycles. The average molecular weight is 295 g/mol. The van der Waals surface area contributed by atoms with Gasteiger partial charge in [0.2, 0.25) is 11.8 Å². The molecule has 2 amide bonds. The number of nitrogens with zero attached hydrogens (tertiary/aromatic N) is 1. The van der Waals surface area contributed by atoms with Crippen molar-refractivity contribution in [3.8, 4) is 0 Å². The highest BCUT2D eigenvalue weighted by atomic mass is 16.3. The molecular weight excluding hydrogens is 274 g/mol. The summed E-state index contributed by atoms with van der Waals surface area (Å²) in [6.45, 7) is 1.74. The molecule has 5 N–H and O–H groups in total. The van der Waals surface area contributed by atoms with Crippen LogP contribution in [-0.4, -0.2) is 47.9 Å². The van der Waals surface area contributed by atoms with Crippen molar-refractivity contribution < 1.29 is 19.5 Å². The third-order valence-corrected chi connectivity index (χ3v) is 2.69. The smallest absolute Gasteiger partial charge is 0.290 e. The molecule has 0 atom stereocenters. The highest BCUT2D eigenvalue weighted by molar-refractivity contribution is 5.92. The fraction of sp³-hybridized carbons (Fsp3) is 0.357. The van der Waals surface area contributed by atoms with Gasteiger partial charge in [0.05, 0.1) is 6.54 Å². The van der Waals surface area contributed by atoms with Crippen LogP contribution in [0.4, 0.5) is 0 Å². The molecule has 1 heterocycles. The van der Waals surface area contributed by atoms with E-state index in [-0.39, 0.29) is 24.8 Å². The Bertz CT molecular complexity index is 431. The quantitative estimate of drug-likeness (QED) is 0.665. The summed E-state index contributed by atoms with van der Waals surface area (Å²) in [5, 5.41) is 6.89.